The minimum absolute atomic E-state index is 0.0147. The van der Waals surface area contributed by atoms with E-state index in [0.29, 0.717) is 66.7 Å². The van der Waals surface area contributed by atoms with E-state index < -0.39 is 90.4 Å². The molecule has 8 rings (SSSR count). The van der Waals surface area contributed by atoms with Gasteiger partial charge in [0.25, 0.3) is 0 Å². The van der Waals surface area contributed by atoms with E-state index in [9.17, 15) is 52.7 Å². The quantitative estimate of drug-likeness (QED) is 0.140. The third-order valence-corrected chi connectivity index (χ3v) is 23.5. The third-order valence-electron chi connectivity index (χ3n) is 17.1. The third kappa shape index (κ3) is 11.3. The van der Waals surface area contributed by atoms with Crippen molar-refractivity contribution in [3.8, 4) is 0 Å². The molecule has 5 fully saturated rings. The molecule has 14 heteroatoms. The fourth-order valence-electron chi connectivity index (χ4n) is 14.2. The maximum Gasteiger partial charge on any atom is 0.416 e. The van der Waals surface area contributed by atoms with E-state index in [1.165, 1.54) is 49.4 Å². The molecule has 5 aliphatic carbocycles. The highest BCUT2D eigenvalue weighted by Gasteiger charge is 2.55. The molecule has 3 aromatic carbocycles. The molecular weight excluding hydrogens is 939 g/mol. The summed E-state index contributed by atoms with van der Waals surface area (Å²) in [6, 6.07) is 10.9. The summed E-state index contributed by atoms with van der Waals surface area (Å²) in [5, 5.41) is 0.277. The zero-order valence-electron chi connectivity index (χ0n) is 39.0. The van der Waals surface area contributed by atoms with E-state index in [1.807, 2.05) is 6.07 Å². The predicted octanol–water partition coefficient (Wildman–Crippen LogP) is 17.9. The highest BCUT2D eigenvalue weighted by Crippen LogP contribution is 2.64. The Morgan fingerprint density at radius 1 is 0.456 bits per heavy atom. The van der Waals surface area contributed by atoms with Gasteiger partial charge in [-0.2, -0.15) is 52.7 Å². The highest BCUT2D eigenvalue weighted by molar-refractivity contribution is 7.73. The normalized spacial score (nSPS) is 26.4. The Labute approximate surface area is 397 Å². The summed E-state index contributed by atoms with van der Waals surface area (Å²) in [6.45, 7) is 1.72. The largest absolute Gasteiger partial charge is 0.416 e. The number of alkyl halides is 12. The summed E-state index contributed by atoms with van der Waals surface area (Å²) < 4.78 is 177. The lowest BCUT2D eigenvalue weighted by atomic mass is 9.59. The second-order valence-corrected chi connectivity index (χ2v) is 26.4. The molecule has 4 unspecified atom stereocenters. The fraction of sp³-hybridized carbons (Fsp3) is 0.667. The molecule has 0 saturated heterocycles. The highest BCUT2D eigenvalue weighted by atomic mass is 31.1. The number of rotatable bonds is 10. The number of halogens is 12. The minimum atomic E-state index is -5.29. The van der Waals surface area contributed by atoms with Gasteiger partial charge >= 0.3 is 24.7 Å². The van der Waals surface area contributed by atoms with Crippen LogP contribution in [0, 0.1) is 23.7 Å². The van der Waals surface area contributed by atoms with E-state index in [0.717, 1.165) is 89.9 Å². The maximum atomic E-state index is 14.7. The molecular formula is C54H66F12P2. The van der Waals surface area contributed by atoms with Gasteiger partial charge < -0.3 is 0 Å². The van der Waals surface area contributed by atoms with Gasteiger partial charge in [0.15, 0.2) is 0 Å². The van der Waals surface area contributed by atoms with Crippen molar-refractivity contribution >= 4 is 31.8 Å². The molecule has 0 radical (unpaired) electrons. The van der Waals surface area contributed by atoms with Crippen molar-refractivity contribution in [1.29, 1.82) is 0 Å². The lowest BCUT2D eigenvalue weighted by molar-refractivity contribution is -0.144. The molecule has 68 heavy (non-hydrogen) atoms. The molecule has 0 spiro atoms. The van der Waals surface area contributed by atoms with Crippen LogP contribution in [0.2, 0.25) is 0 Å². The summed E-state index contributed by atoms with van der Waals surface area (Å²) in [7, 11) is -3.43. The van der Waals surface area contributed by atoms with E-state index in [4.69, 9.17) is 0 Å². The maximum absolute atomic E-state index is 14.7. The summed E-state index contributed by atoms with van der Waals surface area (Å²) in [5.41, 5.74) is -5.97. The van der Waals surface area contributed by atoms with Crippen LogP contribution >= 0.6 is 15.8 Å². The molecule has 0 heterocycles. The molecule has 0 bridgehead atoms. The predicted molar refractivity (Wildman–Crippen MR) is 251 cm³/mol. The molecule has 0 aliphatic heterocycles. The van der Waals surface area contributed by atoms with Gasteiger partial charge in [-0.25, -0.2) is 0 Å². The Balaban J connectivity index is 1.37. The summed E-state index contributed by atoms with van der Waals surface area (Å²) in [6.07, 6.45) is 2.73. The van der Waals surface area contributed by atoms with Crippen LogP contribution in [0.5, 0.6) is 0 Å². The van der Waals surface area contributed by atoms with Crippen molar-refractivity contribution in [2.45, 2.75) is 202 Å². The smallest absolute Gasteiger partial charge is 0.166 e. The Kier molecular flexibility index (Phi) is 16.1. The topological polar surface area (TPSA) is 0 Å². The van der Waals surface area contributed by atoms with Gasteiger partial charge in [0.05, 0.1) is 22.3 Å². The SMILES string of the molecule is C[C@H](C1CCCC1(c1ccccc1P(C1CCCCC1)C1CCCCC1)C1CCCCC(C2CCCC2)CC1)P(c1cc(C(F)(F)F)cc(C(F)(F)F)c1)c1cc(C(F)(F)F)cc(C(F)(F)F)c1. The first kappa shape index (κ1) is 52.0. The molecule has 3 aromatic rings. The standard InChI is InChI=1S/C54H66F12P2/c1-35(67(45-31-39(51(55,56)57)29-40(32-45)52(58,59)60)46-33-41(53(61,62)63)30-42(34-46)54(64,65)66)47-24-14-28-50(47,38-18-11-10-17-37(26-27-38)36-15-8-9-16-36)48-23-12-13-25-49(48)68(43-19-4-2-5-20-43)44-21-6-3-7-22-44/h12-13,23,25,29-38,43-44,47H,2-11,14-22,24,26-28H2,1H3/t35-,37?,38?,47?,50?/m1/s1. The molecule has 5 aliphatic rings. The van der Waals surface area contributed by atoms with Gasteiger partial charge in [0.2, 0.25) is 0 Å². The molecule has 376 valence electrons. The molecule has 0 amide bonds. The van der Waals surface area contributed by atoms with Crippen molar-refractivity contribution in [2.24, 2.45) is 23.7 Å². The Hall–Kier alpha value is -2.32. The van der Waals surface area contributed by atoms with E-state index in [1.54, 1.807) is 6.92 Å². The van der Waals surface area contributed by atoms with Crippen LogP contribution in [-0.2, 0) is 30.1 Å². The van der Waals surface area contributed by atoms with Gasteiger partial charge in [-0.1, -0.05) is 129 Å². The van der Waals surface area contributed by atoms with E-state index in [2.05, 4.69) is 18.2 Å². The van der Waals surface area contributed by atoms with E-state index in [-0.39, 0.29) is 18.1 Å². The zero-order chi connectivity index (χ0) is 48.6. The number of hydrogen-bond acceptors (Lipinski definition) is 0. The van der Waals surface area contributed by atoms with Crippen LogP contribution in [0.1, 0.15) is 182 Å². The average Bonchev–Trinajstić information content (AvgIpc) is 3.98. The van der Waals surface area contributed by atoms with Crippen molar-refractivity contribution in [3.63, 3.8) is 0 Å². The second kappa shape index (κ2) is 21.0. The van der Waals surface area contributed by atoms with Crippen LogP contribution in [-0.4, -0.2) is 17.0 Å². The monoisotopic (exact) mass is 1000 g/mol. The van der Waals surface area contributed by atoms with Crippen molar-refractivity contribution in [2.75, 3.05) is 0 Å². The summed E-state index contributed by atoms with van der Waals surface area (Å²) >= 11 is 0. The fourth-order valence-corrected chi connectivity index (χ4v) is 21.3. The van der Waals surface area contributed by atoms with Gasteiger partial charge in [0.1, 0.15) is 0 Å². The molecule has 0 nitrogen and oxygen atoms in total. The average molecular weight is 1010 g/mol. The van der Waals surface area contributed by atoms with Crippen LogP contribution in [0.25, 0.3) is 0 Å². The molecule has 0 aromatic heterocycles. The second-order valence-electron chi connectivity index (χ2n) is 21.0. The van der Waals surface area contributed by atoms with Crippen LogP contribution in [0.3, 0.4) is 0 Å². The van der Waals surface area contributed by atoms with E-state index >= 15 is 0 Å². The first-order valence-corrected chi connectivity index (χ1v) is 28.3. The summed E-state index contributed by atoms with van der Waals surface area (Å²) in [4.78, 5) is 0. The molecule has 5 saturated carbocycles. The summed E-state index contributed by atoms with van der Waals surface area (Å²) in [5.74, 6) is 0.738. The first-order valence-electron chi connectivity index (χ1n) is 25.4. The van der Waals surface area contributed by atoms with Gasteiger partial charge in [-0.15, -0.1) is 0 Å². The van der Waals surface area contributed by atoms with Gasteiger partial charge in [-0.3, -0.25) is 0 Å². The van der Waals surface area contributed by atoms with Crippen LogP contribution < -0.4 is 15.9 Å². The number of benzene rings is 3. The van der Waals surface area contributed by atoms with Gasteiger partial charge in [0, 0.05) is 5.41 Å². The van der Waals surface area contributed by atoms with Crippen molar-refractivity contribution in [3.05, 3.63) is 88.5 Å². The number of hydrogen-bond donors (Lipinski definition) is 0. The van der Waals surface area contributed by atoms with Crippen molar-refractivity contribution in [1.82, 2.24) is 0 Å². The van der Waals surface area contributed by atoms with Crippen LogP contribution in [0.4, 0.5) is 52.7 Å². The Bertz CT molecular complexity index is 1980. The van der Waals surface area contributed by atoms with Crippen molar-refractivity contribution < 1.29 is 52.7 Å². The first-order chi connectivity index (χ1) is 32.2. The Morgan fingerprint density at radius 2 is 0.868 bits per heavy atom. The van der Waals surface area contributed by atoms with Gasteiger partial charge in [-0.05, 0) is 164 Å². The zero-order valence-corrected chi connectivity index (χ0v) is 40.8. The minimum Gasteiger partial charge on any atom is -0.166 e. The Morgan fingerprint density at radius 3 is 1.32 bits per heavy atom. The molecule has 0 N–H and O–H groups in total. The van der Waals surface area contributed by atoms with Crippen LogP contribution in [0.15, 0.2) is 60.7 Å². The lowest BCUT2D eigenvalue weighted by Crippen LogP contribution is -2.47. The lowest BCUT2D eigenvalue weighted by Gasteiger charge is -2.50. The molecule has 5 atom stereocenters.